The summed E-state index contributed by atoms with van der Waals surface area (Å²) in [4.78, 5) is 13.2. The number of hydrogen-bond acceptors (Lipinski definition) is 8. The van der Waals surface area contributed by atoms with Crippen LogP contribution in [0.3, 0.4) is 0 Å². The second kappa shape index (κ2) is 73.1. The van der Waals surface area contributed by atoms with Gasteiger partial charge in [-0.05, 0) is 51.4 Å². The van der Waals surface area contributed by atoms with Crippen molar-refractivity contribution in [1.82, 2.24) is 5.32 Å². The second-order valence-corrected chi connectivity index (χ2v) is 29.3. The molecule has 1 saturated heterocycles. The van der Waals surface area contributed by atoms with Gasteiger partial charge in [0.1, 0.15) is 24.4 Å². The third-order valence-electron chi connectivity index (χ3n) is 20.2. The van der Waals surface area contributed by atoms with E-state index in [1.807, 2.05) is 6.08 Å². The van der Waals surface area contributed by atoms with Crippen LogP contribution in [-0.2, 0) is 14.3 Å². The Labute approximate surface area is 578 Å². The van der Waals surface area contributed by atoms with Crippen LogP contribution in [-0.4, -0.2) is 87.5 Å². The third kappa shape index (κ3) is 61.3. The highest BCUT2D eigenvalue weighted by atomic mass is 16.7. The molecule has 0 aromatic heterocycles. The summed E-state index contributed by atoms with van der Waals surface area (Å²) in [6.07, 6.45) is 93.1. The molecule has 9 heteroatoms. The summed E-state index contributed by atoms with van der Waals surface area (Å²) >= 11 is 0. The molecular weight excluding hydrogens is 1150 g/mol. The van der Waals surface area contributed by atoms with Crippen molar-refractivity contribution in [3.8, 4) is 0 Å². The predicted molar refractivity (Wildman–Crippen MR) is 401 cm³/mol. The van der Waals surface area contributed by atoms with Crippen molar-refractivity contribution in [2.24, 2.45) is 0 Å². The molecular formula is C84H161NO8. The minimum Gasteiger partial charge on any atom is -0.394 e. The molecule has 0 saturated carbocycles. The van der Waals surface area contributed by atoms with Crippen LogP contribution < -0.4 is 5.32 Å². The van der Waals surface area contributed by atoms with Gasteiger partial charge in [0.05, 0.1) is 25.4 Å². The van der Waals surface area contributed by atoms with Gasteiger partial charge in [0.15, 0.2) is 6.29 Å². The Hall–Kier alpha value is -1.59. The van der Waals surface area contributed by atoms with E-state index in [4.69, 9.17) is 9.47 Å². The van der Waals surface area contributed by atoms with Crippen LogP contribution in [0, 0.1) is 0 Å². The molecule has 7 atom stereocenters. The summed E-state index contributed by atoms with van der Waals surface area (Å²) in [5, 5.41) is 55.0. The highest BCUT2D eigenvalue weighted by Gasteiger charge is 2.44. The largest absolute Gasteiger partial charge is 0.394 e. The summed E-state index contributed by atoms with van der Waals surface area (Å²) in [6, 6.07) is -0.805. The van der Waals surface area contributed by atoms with Crippen LogP contribution in [0.4, 0.5) is 0 Å². The molecule has 93 heavy (non-hydrogen) atoms. The molecule has 0 aromatic carbocycles. The molecule has 0 bridgehead atoms. The smallest absolute Gasteiger partial charge is 0.220 e. The van der Waals surface area contributed by atoms with E-state index in [9.17, 15) is 30.3 Å². The SMILES string of the molecule is CCCCCCC/C=C\C/C=C\CCCCCCCCCCCCCCCCCCCCCCCCCCCC(=O)NC(COC1OC(CO)C(O)C(O)C1O)C(O)/C=C/CCCCCCCCCCCCCCCCCCCCCCCCCCCCCCCCC. The minimum atomic E-state index is -1.57. The lowest BCUT2D eigenvalue weighted by Crippen LogP contribution is -2.60. The zero-order valence-corrected chi connectivity index (χ0v) is 62.0. The van der Waals surface area contributed by atoms with Gasteiger partial charge in [-0.25, -0.2) is 0 Å². The van der Waals surface area contributed by atoms with Gasteiger partial charge in [0.25, 0.3) is 0 Å². The van der Waals surface area contributed by atoms with Gasteiger partial charge in [-0.2, -0.15) is 0 Å². The van der Waals surface area contributed by atoms with Crippen molar-refractivity contribution in [2.75, 3.05) is 13.2 Å². The first-order valence-corrected chi connectivity index (χ1v) is 41.7. The Balaban J connectivity index is 2.04. The first-order chi connectivity index (χ1) is 45.8. The fourth-order valence-electron chi connectivity index (χ4n) is 13.7. The average Bonchev–Trinajstić information content (AvgIpc) is 1.01. The Morgan fingerprint density at radius 1 is 0.366 bits per heavy atom. The van der Waals surface area contributed by atoms with Crippen LogP contribution in [0.15, 0.2) is 36.5 Å². The summed E-state index contributed by atoms with van der Waals surface area (Å²) in [6.45, 7) is 3.84. The fourth-order valence-corrected chi connectivity index (χ4v) is 13.7. The molecule has 6 N–H and O–H groups in total. The van der Waals surface area contributed by atoms with Crippen molar-refractivity contribution in [3.05, 3.63) is 36.5 Å². The fraction of sp³-hybridized carbons (Fsp3) is 0.917. The van der Waals surface area contributed by atoms with Gasteiger partial charge >= 0.3 is 0 Å². The molecule has 550 valence electrons. The van der Waals surface area contributed by atoms with Crippen LogP contribution in [0.2, 0.25) is 0 Å². The number of amides is 1. The van der Waals surface area contributed by atoms with Crippen molar-refractivity contribution in [1.29, 1.82) is 0 Å². The molecule has 0 aromatic rings. The first-order valence-electron chi connectivity index (χ1n) is 41.7. The molecule has 1 aliphatic heterocycles. The van der Waals surface area contributed by atoms with E-state index < -0.39 is 49.5 Å². The number of aliphatic hydroxyl groups excluding tert-OH is 5. The first kappa shape index (κ1) is 89.4. The van der Waals surface area contributed by atoms with Crippen LogP contribution in [0.25, 0.3) is 0 Å². The van der Waals surface area contributed by atoms with Gasteiger partial charge < -0.3 is 40.3 Å². The number of ether oxygens (including phenoxy) is 2. The summed E-state index contributed by atoms with van der Waals surface area (Å²) in [5.74, 6) is -0.167. The number of unbranched alkanes of at least 4 members (excludes halogenated alkanes) is 61. The van der Waals surface area contributed by atoms with Crippen LogP contribution in [0.1, 0.15) is 438 Å². The quantitative estimate of drug-likeness (QED) is 0.0261. The van der Waals surface area contributed by atoms with E-state index in [0.29, 0.717) is 6.42 Å². The topological polar surface area (TPSA) is 149 Å². The second-order valence-electron chi connectivity index (χ2n) is 29.3. The van der Waals surface area contributed by atoms with Gasteiger partial charge in [0.2, 0.25) is 5.91 Å². The van der Waals surface area contributed by atoms with Gasteiger partial charge in [-0.3, -0.25) is 4.79 Å². The minimum absolute atomic E-state index is 0.167. The highest BCUT2D eigenvalue weighted by molar-refractivity contribution is 5.76. The normalized spacial score (nSPS) is 17.7. The van der Waals surface area contributed by atoms with E-state index in [1.54, 1.807) is 6.08 Å². The lowest BCUT2D eigenvalue weighted by Gasteiger charge is -2.40. The number of carbonyl (C=O) groups excluding carboxylic acids is 1. The number of allylic oxidation sites excluding steroid dienone is 5. The van der Waals surface area contributed by atoms with E-state index in [-0.39, 0.29) is 12.5 Å². The molecule has 1 amide bonds. The zero-order valence-electron chi connectivity index (χ0n) is 62.0. The van der Waals surface area contributed by atoms with Gasteiger partial charge in [-0.1, -0.05) is 416 Å². The van der Waals surface area contributed by atoms with Gasteiger partial charge in [-0.15, -0.1) is 0 Å². The maximum absolute atomic E-state index is 13.2. The van der Waals surface area contributed by atoms with Crippen LogP contribution >= 0.6 is 0 Å². The summed E-state index contributed by atoms with van der Waals surface area (Å²) in [7, 11) is 0. The highest BCUT2D eigenvalue weighted by Crippen LogP contribution is 2.24. The Kier molecular flexibility index (Phi) is 70.3. The lowest BCUT2D eigenvalue weighted by atomic mass is 9.99. The van der Waals surface area contributed by atoms with Crippen molar-refractivity contribution < 1.29 is 39.8 Å². The van der Waals surface area contributed by atoms with Crippen molar-refractivity contribution in [3.63, 3.8) is 0 Å². The molecule has 0 spiro atoms. The standard InChI is InChI=1S/C84H161NO8/c1-3-5-7-9-11-13-15-17-19-21-23-25-27-29-31-33-35-37-38-39-40-42-44-46-48-50-52-54-56-58-60-62-64-66-68-70-72-74-80(88)85-77(76-92-84-83(91)82(90)81(89)79(75-86)93-84)78(87)73-71-69-67-65-63-61-59-57-55-53-51-49-47-45-43-41-36-34-32-30-28-26-24-22-20-18-16-14-12-10-8-6-4-2/h15,17,21,23,71,73,77-79,81-84,86-87,89-91H,3-14,16,18-20,22,24-70,72,74-76H2,1-2H3,(H,85,88)/b17-15-,23-21-,73-71+. The summed E-state index contributed by atoms with van der Waals surface area (Å²) in [5.41, 5.74) is 0. The average molecular weight is 1310 g/mol. The Morgan fingerprint density at radius 2 is 0.634 bits per heavy atom. The molecule has 0 aliphatic carbocycles. The number of hydrogen-bond donors (Lipinski definition) is 6. The maximum Gasteiger partial charge on any atom is 0.220 e. The molecule has 9 nitrogen and oxygen atoms in total. The molecule has 1 rings (SSSR count). The zero-order chi connectivity index (χ0) is 67.1. The van der Waals surface area contributed by atoms with Crippen molar-refractivity contribution in [2.45, 2.75) is 480 Å². The predicted octanol–water partition coefficient (Wildman–Crippen LogP) is 24.1. The number of nitrogens with one attached hydrogen (secondary N) is 1. The lowest BCUT2D eigenvalue weighted by molar-refractivity contribution is -0.302. The van der Waals surface area contributed by atoms with E-state index >= 15 is 0 Å². The number of carbonyl (C=O) groups is 1. The monoisotopic (exact) mass is 1310 g/mol. The molecule has 1 heterocycles. The van der Waals surface area contributed by atoms with E-state index in [2.05, 4.69) is 43.5 Å². The number of rotatable bonds is 75. The molecule has 7 unspecified atom stereocenters. The third-order valence-corrected chi connectivity index (χ3v) is 20.2. The molecule has 1 aliphatic rings. The Morgan fingerprint density at radius 3 is 0.925 bits per heavy atom. The van der Waals surface area contributed by atoms with E-state index in [0.717, 1.165) is 44.9 Å². The molecule has 1 fully saturated rings. The van der Waals surface area contributed by atoms with Crippen molar-refractivity contribution >= 4 is 5.91 Å². The molecule has 0 radical (unpaired) electrons. The Bertz CT molecular complexity index is 1570. The number of aliphatic hydroxyl groups is 5. The van der Waals surface area contributed by atoms with Gasteiger partial charge in [0, 0.05) is 6.42 Å². The summed E-state index contributed by atoms with van der Waals surface area (Å²) < 4.78 is 11.4. The van der Waals surface area contributed by atoms with E-state index in [1.165, 1.54) is 372 Å². The van der Waals surface area contributed by atoms with Crippen LogP contribution in [0.5, 0.6) is 0 Å². The maximum atomic E-state index is 13.2.